The Hall–Kier alpha value is -3.53. The fourth-order valence-corrected chi connectivity index (χ4v) is 4.14. The summed E-state index contributed by atoms with van der Waals surface area (Å²) >= 11 is 0. The van der Waals surface area contributed by atoms with E-state index in [1.54, 1.807) is 48.1 Å². The Morgan fingerprint density at radius 2 is 1.94 bits per heavy atom. The van der Waals surface area contributed by atoms with Gasteiger partial charge in [0.25, 0.3) is 5.91 Å². The number of ketones is 1. The number of hydrogen-bond donors (Lipinski definition) is 3. The monoisotopic (exact) mass is 483 g/mol. The van der Waals surface area contributed by atoms with Gasteiger partial charge < -0.3 is 21.1 Å². The maximum absolute atomic E-state index is 13.1. The third-order valence-corrected chi connectivity index (χ3v) is 6.25. The molecule has 2 aromatic rings. The van der Waals surface area contributed by atoms with Gasteiger partial charge in [0.05, 0.1) is 5.92 Å². The molecule has 35 heavy (non-hydrogen) atoms. The number of nitrogens with zero attached hydrogens (tertiary/aromatic N) is 2. The lowest BCUT2D eigenvalue weighted by Crippen LogP contribution is -2.51. The van der Waals surface area contributed by atoms with Crippen LogP contribution in [0, 0.1) is 12.8 Å². The number of carbonyl (C=O) groups is 4. The van der Waals surface area contributed by atoms with Crippen molar-refractivity contribution in [2.24, 2.45) is 18.7 Å². The largest absolute Gasteiger partial charge is 0.457 e. The van der Waals surface area contributed by atoms with Crippen molar-refractivity contribution in [3.8, 4) is 0 Å². The summed E-state index contributed by atoms with van der Waals surface area (Å²) in [6.07, 6.45) is 2.79. The molecule has 0 aliphatic heterocycles. The number of Topliss-reactive ketones (excluding diaryl/α,β-unsaturated/α-hetero) is 1. The van der Waals surface area contributed by atoms with Gasteiger partial charge in [-0.15, -0.1) is 0 Å². The summed E-state index contributed by atoms with van der Waals surface area (Å²) in [5, 5.41) is 9.80. The SMILES string of the molecule is Cc1cc(C(=O)N[C@@H](CCCN)C(=O)N[C@H]2CCC[C@H]2C(=O)OCC(=O)c2ccccc2)nn1C. The molecule has 3 atom stereocenters. The summed E-state index contributed by atoms with van der Waals surface area (Å²) in [6, 6.07) is 9.01. The van der Waals surface area contributed by atoms with Crippen LogP contribution in [0.4, 0.5) is 0 Å². The van der Waals surface area contributed by atoms with E-state index >= 15 is 0 Å². The van der Waals surface area contributed by atoms with Crippen molar-refractivity contribution in [1.29, 1.82) is 0 Å². The number of carbonyl (C=O) groups excluding carboxylic acids is 4. The van der Waals surface area contributed by atoms with Crippen molar-refractivity contribution in [3.05, 3.63) is 53.3 Å². The van der Waals surface area contributed by atoms with Crippen LogP contribution in [0.15, 0.2) is 36.4 Å². The van der Waals surface area contributed by atoms with Gasteiger partial charge in [0.15, 0.2) is 12.4 Å². The number of esters is 1. The molecule has 1 aliphatic rings. The zero-order chi connectivity index (χ0) is 25.4. The fraction of sp³-hybridized carbons (Fsp3) is 0.480. The standard InChI is InChI=1S/C25H33N5O5/c1-16-14-21(29-30(16)2)24(33)28-20(12-7-13-26)23(32)27-19-11-6-10-18(19)25(34)35-15-22(31)17-8-4-3-5-9-17/h3-5,8-9,14,18-20H,6-7,10-13,15,26H2,1-2H3,(H,27,32)(H,28,33)/t18-,19+,20+/m1/s1. The molecule has 188 valence electrons. The summed E-state index contributed by atoms with van der Waals surface area (Å²) in [7, 11) is 1.73. The predicted molar refractivity (Wildman–Crippen MR) is 128 cm³/mol. The van der Waals surface area contributed by atoms with Crippen molar-refractivity contribution in [3.63, 3.8) is 0 Å². The zero-order valence-corrected chi connectivity index (χ0v) is 20.2. The number of aromatic nitrogens is 2. The van der Waals surface area contributed by atoms with Crippen LogP contribution in [0.5, 0.6) is 0 Å². The molecule has 1 fully saturated rings. The van der Waals surface area contributed by atoms with E-state index in [2.05, 4.69) is 15.7 Å². The first-order valence-corrected chi connectivity index (χ1v) is 11.9. The van der Waals surface area contributed by atoms with Crippen molar-refractivity contribution in [1.82, 2.24) is 20.4 Å². The van der Waals surface area contributed by atoms with E-state index in [-0.39, 0.29) is 24.0 Å². The lowest BCUT2D eigenvalue weighted by atomic mass is 10.0. The number of aryl methyl sites for hydroxylation is 2. The van der Waals surface area contributed by atoms with Crippen LogP contribution >= 0.6 is 0 Å². The van der Waals surface area contributed by atoms with Gasteiger partial charge in [-0.05, 0) is 45.2 Å². The van der Waals surface area contributed by atoms with E-state index < -0.39 is 29.9 Å². The maximum atomic E-state index is 13.1. The summed E-state index contributed by atoms with van der Waals surface area (Å²) in [5.74, 6) is -2.18. The molecule has 1 aliphatic carbocycles. The van der Waals surface area contributed by atoms with Crippen LogP contribution in [0.25, 0.3) is 0 Å². The van der Waals surface area contributed by atoms with Crippen molar-refractivity contribution in [2.45, 2.75) is 51.1 Å². The Morgan fingerprint density at radius 3 is 2.60 bits per heavy atom. The normalized spacial score (nSPS) is 18.0. The molecule has 10 nitrogen and oxygen atoms in total. The van der Waals surface area contributed by atoms with Crippen LogP contribution in [0.3, 0.4) is 0 Å². The van der Waals surface area contributed by atoms with Gasteiger partial charge >= 0.3 is 5.97 Å². The molecular formula is C25H33N5O5. The molecule has 1 aromatic heterocycles. The minimum Gasteiger partial charge on any atom is -0.457 e. The zero-order valence-electron chi connectivity index (χ0n) is 20.2. The first-order valence-electron chi connectivity index (χ1n) is 11.9. The molecule has 0 radical (unpaired) electrons. The smallest absolute Gasteiger partial charge is 0.311 e. The van der Waals surface area contributed by atoms with Gasteiger partial charge in [-0.3, -0.25) is 23.9 Å². The third-order valence-electron chi connectivity index (χ3n) is 6.25. The number of hydrogen-bond acceptors (Lipinski definition) is 7. The lowest BCUT2D eigenvalue weighted by Gasteiger charge is -2.24. The lowest BCUT2D eigenvalue weighted by molar-refractivity contribution is -0.148. The molecule has 0 saturated heterocycles. The fourth-order valence-electron chi connectivity index (χ4n) is 4.14. The molecule has 4 N–H and O–H groups in total. The first-order chi connectivity index (χ1) is 16.8. The van der Waals surface area contributed by atoms with Crippen LogP contribution in [0.2, 0.25) is 0 Å². The highest BCUT2D eigenvalue weighted by molar-refractivity contribution is 5.98. The van der Waals surface area contributed by atoms with Crippen LogP contribution in [0.1, 0.15) is 58.6 Å². The highest BCUT2D eigenvalue weighted by Gasteiger charge is 2.37. The predicted octanol–water partition coefficient (Wildman–Crippen LogP) is 1.28. The van der Waals surface area contributed by atoms with Gasteiger partial charge in [0.1, 0.15) is 11.7 Å². The molecule has 1 heterocycles. The summed E-state index contributed by atoms with van der Waals surface area (Å²) in [5.41, 5.74) is 7.13. The van der Waals surface area contributed by atoms with Crippen molar-refractivity contribution in [2.75, 3.05) is 13.2 Å². The number of rotatable bonds is 11. The Morgan fingerprint density at radius 1 is 1.20 bits per heavy atom. The van der Waals surface area contributed by atoms with Crippen LogP contribution < -0.4 is 16.4 Å². The molecule has 1 aromatic carbocycles. The van der Waals surface area contributed by atoms with Crippen molar-refractivity contribution < 1.29 is 23.9 Å². The van der Waals surface area contributed by atoms with Crippen LogP contribution in [-0.4, -0.2) is 58.6 Å². The van der Waals surface area contributed by atoms with E-state index in [9.17, 15) is 19.2 Å². The number of nitrogens with two attached hydrogens (primary N) is 1. The maximum Gasteiger partial charge on any atom is 0.311 e. The van der Waals surface area contributed by atoms with Gasteiger partial charge in [0, 0.05) is 24.3 Å². The quantitative estimate of drug-likeness (QED) is 0.322. The van der Waals surface area contributed by atoms with Gasteiger partial charge in [-0.2, -0.15) is 5.10 Å². The van der Waals surface area contributed by atoms with Gasteiger partial charge in [-0.1, -0.05) is 36.8 Å². The molecule has 10 heteroatoms. The summed E-state index contributed by atoms with van der Waals surface area (Å²) in [4.78, 5) is 50.7. The Bertz CT molecular complexity index is 1030. The second-order valence-electron chi connectivity index (χ2n) is 8.80. The summed E-state index contributed by atoms with van der Waals surface area (Å²) < 4.78 is 6.86. The molecule has 0 bridgehead atoms. The molecule has 1 saturated carbocycles. The van der Waals surface area contributed by atoms with Crippen molar-refractivity contribution >= 4 is 23.6 Å². The van der Waals surface area contributed by atoms with Gasteiger partial charge in [-0.25, -0.2) is 0 Å². The molecule has 2 amide bonds. The number of nitrogens with one attached hydrogen (secondary N) is 2. The molecule has 3 rings (SSSR count). The van der Waals surface area contributed by atoms with E-state index in [0.717, 1.165) is 12.1 Å². The number of amides is 2. The Labute approximate surface area is 204 Å². The summed E-state index contributed by atoms with van der Waals surface area (Å²) in [6.45, 7) is 1.85. The van der Waals surface area contributed by atoms with E-state index in [0.29, 0.717) is 37.8 Å². The minimum atomic E-state index is -0.815. The number of benzene rings is 1. The average molecular weight is 484 g/mol. The average Bonchev–Trinajstić information content (AvgIpc) is 3.46. The Kier molecular flexibility index (Phi) is 9.13. The van der Waals surface area contributed by atoms with E-state index in [4.69, 9.17) is 10.5 Å². The van der Waals surface area contributed by atoms with E-state index in [1.165, 1.54) is 0 Å². The van der Waals surface area contributed by atoms with Crippen LogP contribution in [-0.2, 0) is 21.4 Å². The highest BCUT2D eigenvalue weighted by atomic mass is 16.5. The van der Waals surface area contributed by atoms with Gasteiger partial charge in [0.2, 0.25) is 5.91 Å². The number of ether oxygens (including phenoxy) is 1. The molecular weight excluding hydrogens is 450 g/mol. The second-order valence-corrected chi connectivity index (χ2v) is 8.80. The first kappa shape index (κ1) is 26.1. The third kappa shape index (κ3) is 6.98. The Balaban J connectivity index is 1.58. The topological polar surface area (TPSA) is 145 Å². The highest BCUT2D eigenvalue weighted by Crippen LogP contribution is 2.27. The second kappa shape index (κ2) is 12.3. The molecule has 0 unspecified atom stereocenters. The van der Waals surface area contributed by atoms with E-state index in [1.807, 2.05) is 6.92 Å². The minimum absolute atomic E-state index is 0.223. The molecule has 0 spiro atoms.